The number of benzene rings is 2. The number of hydrogen-bond donors (Lipinski definition) is 1. The van der Waals surface area contributed by atoms with Gasteiger partial charge in [-0.2, -0.15) is 0 Å². The minimum atomic E-state index is -0.987. The predicted molar refractivity (Wildman–Crippen MR) is 144 cm³/mol. The van der Waals surface area contributed by atoms with Gasteiger partial charge in [-0.25, -0.2) is 0 Å². The molecule has 188 valence electrons. The van der Waals surface area contributed by atoms with Gasteiger partial charge in [0.15, 0.2) is 0 Å². The monoisotopic (exact) mass is 483 g/mol. The fourth-order valence-electron chi connectivity index (χ4n) is 5.83. The van der Waals surface area contributed by atoms with E-state index in [0.717, 1.165) is 36.9 Å². The molecular weight excluding hydrogens is 446 g/mol. The third kappa shape index (κ3) is 4.59. The molecule has 36 heavy (non-hydrogen) atoms. The van der Waals surface area contributed by atoms with Gasteiger partial charge in [-0.05, 0) is 67.7 Å². The summed E-state index contributed by atoms with van der Waals surface area (Å²) in [6, 6.07) is 24.4. The molecule has 0 saturated heterocycles. The van der Waals surface area contributed by atoms with Crippen LogP contribution in [-0.4, -0.2) is 39.4 Å². The first-order chi connectivity index (χ1) is 17.4. The van der Waals surface area contributed by atoms with Crippen molar-refractivity contribution in [1.29, 1.82) is 0 Å². The molecule has 0 spiro atoms. The normalized spacial score (nSPS) is 24.8. The molecule has 2 atom stereocenters. The van der Waals surface area contributed by atoms with Crippen LogP contribution in [0.5, 0.6) is 0 Å². The van der Waals surface area contributed by atoms with Gasteiger partial charge < -0.3 is 14.8 Å². The number of carbonyl (C=O) groups is 2. The highest BCUT2D eigenvalue weighted by atomic mass is 16.2. The molecule has 0 radical (unpaired) electrons. The number of nitrogens with one attached hydrogen (secondary N) is 1. The number of nitrogens with zero attached hydrogens (tertiary/aromatic N) is 2. The number of amides is 2. The standard InChI is InChI=1S/C31H37N3O2/c1-22-14-16-26(17-15-22)32-30(36)31(3)21-33-27(25-12-8-5-9-13-25)18-19-28(33)29(35)34(31)20-23(2)24-10-6-4-7-11-24/h4-13,18-19,22-23,26H,14-17,20-21H2,1-3H3,(H,32,36)/t22?,23-,26?,31+/m0/s1. The fraction of sp³-hybridized carbons (Fsp3) is 0.419. The van der Waals surface area contributed by atoms with Crippen molar-refractivity contribution in [2.24, 2.45) is 5.92 Å². The molecule has 1 aliphatic heterocycles. The Morgan fingerprint density at radius 2 is 1.56 bits per heavy atom. The minimum absolute atomic E-state index is 0.0472. The third-order valence-electron chi connectivity index (χ3n) is 8.24. The number of carbonyl (C=O) groups excluding carboxylic acids is 2. The molecule has 1 aliphatic carbocycles. The zero-order valence-corrected chi connectivity index (χ0v) is 21.6. The van der Waals surface area contributed by atoms with Crippen LogP contribution in [-0.2, 0) is 11.3 Å². The molecule has 1 aromatic heterocycles. The minimum Gasteiger partial charge on any atom is -0.351 e. The predicted octanol–water partition coefficient (Wildman–Crippen LogP) is 5.87. The smallest absolute Gasteiger partial charge is 0.271 e. The second kappa shape index (κ2) is 9.96. The van der Waals surface area contributed by atoms with E-state index in [1.807, 2.05) is 64.9 Å². The highest BCUT2D eigenvalue weighted by Gasteiger charge is 2.48. The average molecular weight is 484 g/mol. The quantitative estimate of drug-likeness (QED) is 0.477. The first-order valence-electron chi connectivity index (χ1n) is 13.3. The van der Waals surface area contributed by atoms with Crippen molar-refractivity contribution in [2.75, 3.05) is 6.54 Å². The maximum atomic E-state index is 14.0. The molecule has 3 aromatic rings. The van der Waals surface area contributed by atoms with Gasteiger partial charge in [0.2, 0.25) is 5.91 Å². The lowest BCUT2D eigenvalue weighted by atomic mass is 9.86. The van der Waals surface area contributed by atoms with Crippen molar-refractivity contribution < 1.29 is 9.59 Å². The van der Waals surface area contributed by atoms with Crippen LogP contribution in [0.1, 0.15) is 68.4 Å². The highest BCUT2D eigenvalue weighted by molar-refractivity contribution is 6.00. The number of fused-ring (bicyclic) bond motifs is 1. The molecule has 5 rings (SSSR count). The van der Waals surface area contributed by atoms with Crippen LogP contribution in [0.25, 0.3) is 11.3 Å². The summed E-state index contributed by atoms with van der Waals surface area (Å²) >= 11 is 0. The van der Waals surface area contributed by atoms with Crippen LogP contribution in [0.15, 0.2) is 72.8 Å². The molecule has 1 saturated carbocycles. The zero-order chi connectivity index (χ0) is 25.3. The van der Waals surface area contributed by atoms with Crippen molar-refractivity contribution in [3.63, 3.8) is 0 Å². The lowest BCUT2D eigenvalue weighted by molar-refractivity contribution is -0.134. The molecule has 2 amide bonds. The van der Waals surface area contributed by atoms with Crippen molar-refractivity contribution in [3.05, 3.63) is 84.1 Å². The molecular formula is C31H37N3O2. The van der Waals surface area contributed by atoms with Crippen LogP contribution in [0, 0.1) is 5.92 Å². The van der Waals surface area contributed by atoms with Crippen LogP contribution >= 0.6 is 0 Å². The molecule has 1 N–H and O–H groups in total. The number of rotatable bonds is 6. The molecule has 1 fully saturated rings. The van der Waals surface area contributed by atoms with Gasteiger partial charge in [-0.3, -0.25) is 9.59 Å². The van der Waals surface area contributed by atoms with E-state index in [0.29, 0.717) is 24.7 Å². The van der Waals surface area contributed by atoms with E-state index in [-0.39, 0.29) is 23.8 Å². The molecule has 5 heteroatoms. The van der Waals surface area contributed by atoms with E-state index < -0.39 is 5.54 Å². The Morgan fingerprint density at radius 3 is 2.22 bits per heavy atom. The summed E-state index contributed by atoms with van der Waals surface area (Å²) in [7, 11) is 0. The van der Waals surface area contributed by atoms with Crippen molar-refractivity contribution >= 4 is 11.8 Å². The van der Waals surface area contributed by atoms with Gasteiger partial charge in [-0.15, -0.1) is 0 Å². The summed E-state index contributed by atoms with van der Waals surface area (Å²) in [5, 5.41) is 3.35. The molecule has 0 unspecified atom stereocenters. The molecule has 2 aromatic carbocycles. The second-order valence-electron chi connectivity index (χ2n) is 11.0. The summed E-state index contributed by atoms with van der Waals surface area (Å²) in [6.45, 7) is 7.28. The Kier molecular flexibility index (Phi) is 6.74. The van der Waals surface area contributed by atoms with E-state index >= 15 is 0 Å². The van der Waals surface area contributed by atoms with E-state index in [1.54, 1.807) is 0 Å². The summed E-state index contributed by atoms with van der Waals surface area (Å²) < 4.78 is 2.05. The Balaban J connectivity index is 1.49. The summed E-state index contributed by atoms with van der Waals surface area (Å²) in [6.07, 6.45) is 4.27. The summed E-state index contributed by atoms with van der Waals surface area (Å²) in [5.74, 6) is 0.687. The fourth-order valence-corrected chi connectivity index (χ4v) is 5.83. The Bertz CT molecular complexity index is 1210. The second-order valence-corrected chi connectivity index (χ2v) is 11.0. The Hall–Kier alpha value is -3.34. The van der Waals surface area contributed by atoms with Crippen molar-refractivity contribution in [1.82, 2.24) is 14.8 Å². The van der Waals surface area contributed by atoms with Gasteiger partial charge in [0.25, 0.3) is 5.91 Å². The molecule has 2 heterocycles. The average Bonchev–Trinajstić information content (AvgIpc) is 3.32. The first kappa shape index (κ1) is 24.4. The largest absolute Gasteiger partial charge is 0.351 e. The van der Waals surface area contributed by atoms with E-state index in [2.05, 4.69) is 43.4 Å². The van der Waals surface area contributed by atoms with Gasteiger partial charge in [0, 0.05) is 18.3 Å². The number of aromatic nitrogens is 1. The van der Waals surface area contributed by atoms with Gasteiger partial charge in [0.1, 0.15) is 11.2 Å². The third-order valence-corrected chi connectivity index (χ3v) is 8.24. The first-order valence-corrected chi connectivity index (χ1v) is 13.3. The lowest BCUT2D eigenvalue weighted by Crippen LogP contribution is -2.65. The SMILES string of the molecule is CC1CCC(NC(=O)[C@@]2(C)Cn3c(ccc3-c3ccccc3)C(=O)N2C[C@H](C)c2ccccc2)CC1. The molecule has 5 nitrogen and oxygen atoms in total. The van der Waals surface area contributed by atoms with Crippen LogP contribution in [0.4, 0.5) is 0 Å². The van der Waals surface area contributed by atoms with Crippen LogP contribution in [0.3, 0.4) is 0 Å². The van der Waals surface area contributed by atoms with Gasteiger partial charge in [-0.1, -0.05) is 74.5 Å². The molecule has 0 bridgehead atoms. The van der Waals surface area contributed by atoms with Crippen LogP contribution in [0.2, 0.25) is 0 Å². The van der Waals surface area contributed by atoms with E-state index in [1.165, 1.54) is 5.56 Å². The van der Waals surface area contributed by atoms with E-state index in [9.17, 15) is 9.59 Å². The summed E-state index contributed by atoms with van der Waals surface area (Å²) in [4.78, 5) is 29.8. The number of hydrogen-bond acceptors (Lipinski definition) is 2. The van der Waals surface area contributed by atoms with Crippen molar-refractivity contribution in [2.45, 2.75) is 70.5 Å². The highest BCUT2D eigenvalue weighted by Crippen LogP contribution is 2.35. The van der Waals surface area contributed by atoms with E-state index in [4.69, 9.17) is 0 Å². The maximum absolute atomic E-state index is 14.0. The maximum Gasteiger partial charge on any atom is 0.271 e. The van der Waals surface area contributed by atoms with Crippen LogP contribution < -0.4 is 5.32 Å². The Labute approximate surface area is 214 Å². The molecule has 2 aliphatic rings. The van der Waals surface area contributed by atoms with Crippen molar-refractivity contribution in [3.8, 4) is 11.3 Å². The summed E-state index contributed by atoms with van der Waals surface area (Å²) in [5.41, 5.74) is 2.84. The zero-order valence-electron chi connectivity index (χ0n) is 21.6. The topological polar surface area (TPSA) is 54.3 Å². The Morgan fingerprint density at radius 1 is 0.944 bits per heavy atom. The lowest BCUT2D eigenvalue weighted by Gasteiger charge is -2.46. The van der Waals surface area contributed by atoms with Gasteiger partial charge in [0.05, 0.1) is 6.54 Å². The van der Waals surface area contributed by atoms with Gasteiger partial charge >= 0.3 is 0 Å².